The number of nitrogens with zero attached hydrogens (tertiary/aromatic N) is 1. The van der Waals surface area contributed by atoms with Crippen molar-refractivity contribution in [1.29, 1.82) is 0 Å². The van der Waals surface area contributed by atoms with Crippen molar-refractivity contribution in [2.45, 2.75) is 26.3 Å². The van der Waals surface area contributed by atoms with Crippen LogP contribution < -0.4 is 10.2 Å². The Labute approximate surface area is 118 Å². The zero-order valence-corrected chi connectivity index (χ0v) is 11.6. The van der Waals surface area contributed by atoms with Gasteiger partial charge in [0.25, 0.3) is 0 Å². The lowest BCUT2D eigenvalue weighted by Gasteiger charge is -2.32. The molecular weight excluding hydrogens is 256 g/mol. The van der Waals surface area contributed by atoms with Crippen LogP contribution in [0.15, 0.2) is 36.5 Å². The van der Waals surface area contributed by atoms with Crippen LogP contribution >= 0.6 is 0 Å². The van der Waals surface area contributed by atoms with Crippen LogP contribution in [0.25, 0.3) is 0 Å². The quantitative estimate of drug-likeness (QED) is 0.857. The smallest absolute Gasteiger partial charge is 0.326 e. The van der Waals surface area contributed by atoms with E-state index in [0.29, 0.717) is 6.61 Å². The molecule has 5 heteroatoms. The fraction of sp³-hybridized carbons (Fsp3) is 0.333. The van der Waals surface area contributed by atoms with E-state index in [0.717, 1.165) is 11.3 Å². The molecule has 1 aromatic carbocycles. The van der Waals surface area contributed by atoms with Crippen molar-refractivity contribution in [3.63, 3.8) is 0 Å². The van der Waals surface area contributed by atoms with Crippen LogP contribution in [0.5, 0.6) is 0 Å². The second-order valence-corrected chi connectivity index (χ2v) is 4.59. The molecule has 1 aliphatic rings. The summed E-state index contributed by atoms with van der Waals surface area (Å²) in [6.07, 6.45) is 3.50. The van der Waals surface area contributed by atoms with Crippen molar-refractivity contribution in [2.24, 2.45) is 0 Å². The highest BCUT2D eigenvalue weighted by Crippen LogP contribution is 2.22. The van der Waals surface area contributed by atoms with E-state index in [-0.39, 0.29) is 24.5 Å². The Kier molecular flexibility index (Phi) is 4.40. The fourth-order valence-electron chi connectivity index (χ4n) is 2.10. The van der Waals surface area contributed by atoms with E-state index in [1.54, 1.807) is 24.1 Å². The molecule has 5 nitrogen and oxygen atoms in total. The van der Waals surface area contributed by atoms with E-state index < -0.39 is 0 Å². The molecule has 1 heterocycles. The largest absolute Gasteiger partial charge is 0.466 e. The van der Waals surface area contributed by atoms with Gasteiger partial charge in [0.1, 0.15) is 0 Å². The minimum absolute atomic E-state index is 0.144. The highest BCUT2D eigenvalue weighted by molar-refractivity contribution is 5.95. The SMILES string of the molecule is CCOC(=O)CC1C=CNC(=O)N1c1ccc(C)cc1. The first kappa shape index (κ1) is 14.1. The number of urea groups is 1. The van der Waals surface area contributed by atoms with Gasteiger partial charge in [0, 0.05) is 11.9 Å². The summed E-state index contributed by atoms with van der Waals surface area (Å²) in [6, 6.07) is 7.03. The average Bonchev–Trinajstić information content (AvgIpc) is 2.41. The third kappa shape index (κ3) is 3.17. The van der Waals surface area contributed by atoms with Crippen molar-refractivity contribution in [3.8, 4) is 0 Å². The molecule has 1 atom stereocenters. The van der Waals surface area contributed by atoms with Crippen LogP contribution in [-0.4, -0.2) is 24.6 Å². The van der Waals surface area contributed by atoms with Gasteiger partial charge in [-0.1, -0.05) is 17.7 Å². The number of rotatable bonds is 4. The zero-order valence-electron chi connectivity index (χ0n) is 11.6. The van der Waals surface area contributed by atoms with Gasteiger partial charge in [-0.05, 0) is 32.1 Å². The third-order valence-electron chi connectivity index (χ3n) is 3.07. The number of benzene rings is 1. The minimum atomic E-state index is -0.328. The maximum absolute atomic E-state index is 12.0. The summed E-state index contributed by atoms with van der Waals surface area (Å²) >= 11 is 0. The van der Waals surface area contributed by atoms with E-state index in [1.807, 2.05) is 31.2 Å². The topological polar surface area (TPSA) is 58.6 Å². The Morgan fingerprint density at radius 1 is 1.35 bits per heavy atom. The number of carbonyl (C=O) groups excluding carboxylic acids is 2. The first-order chi connectivity index (χ1) is 9.61. The molecule has 1 aliphatic heterocycles. The van der Waals surface area contributed by atoms with Crippen molar-refractivity contribution in [2.75, 3.05) is 11.5 Å². The van der Waals surface area contributed by atoms with Crippen LogP contribution in [0, 0.1) is 6.92 Å². The van der Waals surface area contributed by atoms with Gasteiger partial charge < -0.3 is 10.1 Å². The molecule has 1 N–H and O–H groups in total. The van der Waals surface area contributed by atoms with E-state index in [1.165, 1.54) is 0 Å². The number of amides is 2. The Hall–Kier alpha value is -2.30. The summed E-state index contributed by atoms with van der Waals surface area (Å²) in [7, 11) is 0. The van der Waals surface area contributed by atoms with Gasteiger partial charge in [-0.15, -0.1) is 0 Å². The fourth-order valence-corrected chi connectivity index (χ4v) is 2.10. The summed E-state index contributed by atoms with van der Waals surface area (Å²) in [5, 5.41) is 2.63. The molecule has 20 heavy (non-hydrogen) atoms. The lowest BCUT2D eigenvalue weighted by Crippen LogP contribution is -2.48. The Balaban J connectivity index is 2.21. The molecule has 106 valence electrons. The van der Waals surface area contributed by atoms with Crippen LogP contribution in [-0.2, 0) is 9.53 Å². The number of ether oxygens (including phenoxy) is 1. The van der Waals surface area contributed by atoms with Gasteiger partial charge in [0.15, 0.2) is 0 Å². The van der Waals surface area contributed by atoms with Crippen molar-refractivity contribution < 1.29 is 14.3 Å². The number of esters is 1. The molecule has 0 saturated carbocycles. The molecule has 1 unspecified atom stereocenters. The van der Waals surface area contributed by atoms with Crippen LogP contribution in [0.1, 0.15) is 18.9 Å². The molecule has 2 rings (SSSR count). The molecule has 0 aliphatic carbocycles. The van der Waals surface area contributed by atoms with Gasteiger partial charge in [-0.2, -0.15) is 0 Å². The monoisotopic (exact) mass is 274 g/mol. The number of aryl methyl sites for hydroxylation is 1. The predicted molar refractivity (Wildman–Crippen MR) is 76.4 cm³/mol. The molecule has 0 fully saturated rings. The van der Waals surface area contributed by atoms with Crippen molar-refractivity contribution in [3.05, 3.63) is 42.1 Å². The first-order valence-electron chi connectivity index (χ1n) is 6.60. The molecule has 0 spiro atoms. The highest BCUT2D eigenvalue weighted by Gasteiger charge is 2.28. The number of nitrogens with one attached hydrogen (secondary N) is 1. The Morgan fingerprint density at radius 2 is 2.05 bits per heavy atom. The van der Waals surface area contributed by atoms with Gasteiger partial charge in [-0.3, -0.25) is 9.69 Å². The standard InChI is InChI=1S/C15H18N2O3/c1-3-20-14(18)10-13-8-9-16-15(19)17(13)12-6-4-11(2)5-7-12/h4-9,13H,3,10H2,1-2H3,(H,16,19). The summed E-state index contributed by atoms with van der Waals surface area (Å²) in [5.41, 5.74) is 1.87. The Bertz CT molecular complexity index is 522. The number of anilines is 1. The van der Waals surface area contributed by atoms with Crippen LogP contribution in [0.3, 0.4) is 0 Å². The van der Waals surface area contributed by atoms with Gasteiger partial charge in [-0.25, -0.2) is 4.79 Å². The lowest BCUT2D eigenvalue weighted by atomic mass is 10.1. The minimum Gasteiger partial charge on any atom is -0.466 e. The Morgan fingerprint density at radius 3 is 2.70 bits per heavy atom. The summed E-state index contributed by atoms with van der Waals surface area (Å²) in [5.74, 6) is -0.311. The maximum atomic E-state index is 12.0. The zero-order chi connectivity index (χ0) is 14.5. The maximum Gasteiger partial charge on any atom is 0.326 e. The van der Waals surface area contributed by atoms with Crippen LogP contribution in [0.2, 0.25) is 0 Å². The lowest BCUT2D eigenvalue weighted by molar-refractivity contribution is -0.143. The number of hydrogen-bond donors (Lipinski definition) is 1. The predicted octanol–water partition coefficient (Wildman–Crippen LogP) is 2.36. The van der Waals surface area contributed by atoms with E-state index in [2.05, 4.69) is 5.32 Å². The van der Waals surface area contributed by atoms with E-state index in [4.69, 9.17) is 4.74 Å². The third-order valence-corrected chi connectivity index (χ3v) is 3.07. The molecule has 0 bridgehead atoms. The summed E-state index contributed by atoms with van der Waals surface area (Å²) in [4.78, 5) is 25.2. The molecule has 0 aromatic heterocycles. The molecule has 0 radical (unpaired) electrons. The number of carbonyl (C=O) groups is 2. The summed E-state index contributed by atoms with van der Waals surface area (Å²) < 4.78 is 4.95. The number of hydrogen-bond acceptors (Lipinski definition) is 3. The normalized spacial score (nSPS) is 17.8. The van der Waals surface area contributed by atoms with Gasteiger partial charge >= 0.3 is 12.0 Å². The molecule has 2 amide bonds. The highest BCUT2D eigenvalue weighted by atomic mass is 16.5. The van der Waals surface area contributed by atoms with E-state index in [9.17, 15) is 9.59 Å². The van der Waals surface area contributed by atoms with Crippen molar-refractivity contribution >= 4 is 17.7 Å². The average molecular weight is 274 g/mol. The van der Waals surface area contributed by atoms with E-state index >= 15 is 0 Å². The second-order valence-electron chi connectivity index (χ2n) is 4.59. The van der Waals surface area contributed by atoms with Gasteiger partial charge in [0.05, 0.1) is 19.1 Å². The van der Waals surface area contributed by atoms with Gasteiger partial charge in [0.2, 0.25) is 0 Å². The molecule has 1 aromatic rings. The van der Waals surface area contributed by atoms with Crippen molar-refractivity contribution in [1.82, 2.24) is 5.32 Å². The molecular formula is C15H18N2O3. The van der Waals surface area contributed by atoms with Crippen LogP contribution in [0.4, 0.5) is 10.5 Å². The molecule has 0 saturated heterocycles. The first-order valence-corrected chi connectivity index (χ1v) is 6.60. The summed E-state index contributed by atoms with van der Waals surface area (Å²) in [6.45, 7) is 4.08. The second kappa shape index (κ2) is 6.23.